The van der Waals surface area contributed by atoms with Gasteiger partial charge in [-0.25, -0.2) is 9.59 Å². The molecule has 1 heterocycles. The number of hydrogen-bond donors (Lipinski definition) is 1. The second-order valence-corrected chi connectivity index (χ2v) is 7.64. The largest absolute Gasteiger partial charge is 0.462 e. The molecule has 1 N–H and O–H groups in total. The first kappa shape index (κ1) is 24.1. The van der Waals surface area contributed by atoms with Crippen LogP contribution in [0.25, 0.3) is 0 Å². The van der Waals surface area contributed by atoms with Gasteiger partial charge in [0.25, 0.3) is 0 Å². The molecule has 7 heteroatoms. The van der Waals surface area contributed by atoms with Crippen molar-refractivity contribution >= 4 is 34.2 Å². The highest BCUT2D eigenvalue weighted by Gasteiger charge is 2.27. The molecule has 6 nitrogen and oxygen atoms in total. The molecule has 158 valence electrons. The number of carbonyl (C=O) groups excluding carboxylic acids is 3. The summed E-state index contributed by atoms with van der Waals surface area (Å²) >= 11 is 1.06. The molecule has 0 spiro atoms. The third-order valence-corrected chi connectivity index (χ3v) is 5.53. The van der Waals surface area contributed by atoms with Gasteiger partial charge in [-0.05, 0) is 32.8 Å². The SMILES string of the molecule is CCCCCCCCCC(=O)Nc1sc(C(=O)OCC)c(C)c1C(=O)OCC. The summed E-state index contributed by atoms with van der Waals surface area (Å²) in [4.78, 5) is 37.1. The average Bonchev–Trinajstić information content (AvgIpc) is 2.97. The number of esters is 2. The molecule has 1 aromatic rings. The van der Waals surface area contributed by atoms with Gasteiger partial charge < -0.3 is 14.8 Å². The summed E-state index contributed by atoms with van der Waals surface area (Å²) in [5.74, 6) is -1.20. The number of unbranched alkanes of at least 4 members (excludes halogenated alkanes) is 6. The van der Waals surface area contributed by atoms with E-state index in [0.717, 1.165) is 30.6 Å². The molecule has 0 saturated heterocycles. The highest BCUT2D eigenvalue weighted by Crippen LogP contribution is 2.34. The zero-order chi connectivity index (χ0) is 20.9. The monoisotopic (exact) mass is 411 g/mol. The van der Waals surface area contributed by atoms with E-state index in [-0.39, 0.29) is 24.7 Å². The van der Waals surface area contributed by atoms with E-state index >= 15 is 0 Å². The molecule has 0 aliphatic carbocycles. The maximum Gasteiger partial charge on any atom is 0.348 e. The van der Waals surface area contributed by atoms with Gasteiger partial charge in [0.15, 0.2) is 0 Å². The molecule has 0 radical (unpaired) electrons. The van der Waals surface area contributed by atoms with Gasteiger partial charge in [-0.2, -0.15) is 0 Å². The zero-order valence-corrected chi connectivity index (χ0v) is 18.3. The van der Waals surface area contributed by atoms with Gasteiger partial charge in [0, 0.05) is 6.42 Å². The van der Waals surface area contributed by atoms with E-state index in [1.165, 1.54) is 25.7 Å². The molecule has 0 bridgehead atoms. The number of amides is 1. The number of rotatable bonds is 13. The van der Waals surface area contributed by atoms with Crippen molar-refractivity contribution in [2.75, 3.05) is 18.5 Å². The molecule has 1 aromatic heterocycles. The number of anilines is 1. The van der Waals surface area contributed by atoms with E-state index in [1.807, 2.05) is 0 Å². The Labute approximate surface area is 172 Å². The van der Waals surface area contributed by atoms with E-state index in [1.54, 1.807) is 20.8 Å². The minimum atomic E-state index is -0.543. The third-order valence-electron chi connectivity index (χ3n) is 4.35. The lowest BCUT2D eigenvalue weighted by Crippen LogP contribution is -2.14. The van der Waals surface area contributed by atoms with Gasteiger partial charge in [-0.15, -0.1) is 11.3 Å². The molecule has 0 aliphatic heterocycles. The predicted octanol–water partition coefficient (Wildman–Crippen LogP) is 5.49. The summed E-state index contributed by atoms with van der Waals surface area (Å²) in [7, 11) is 0. The van der Waals surface area contributed by atoms with Gasteiger partial charge >= 0.3 is 11.9 Å². The highest BCUT2D eigenvalue weighted by molar-refractivity contribution is 7.18. The fourth-order valence-electron chi connectivity index (χ4n) is 2.87. The number of hydrogen-bond acceptors (Lipinski definition) is 6. The Morgan fingerprint density at radius 3 is 2.04 bits per heavy atom. The van der Waals surface area contributed by atoms with E-state index in [2.05, 4.69) is 12.2 Å². The molecular weight excluding hydrogens is 378 g/mol. The molecule has 0 unspecified atom stereocenters. The second kappa shape index (κ2) is 13.3. The summed E-state index contributed by atoms with van der Waals surface area (Å²) in [6, 6.07) is 0. The van der Waals surface area contributed by atoms with Crippen molar-refractivity contribution in [1.29, 1.82) is 0 Å². The first-order chi connectivity index (χ1) is 13.5. The first-order valence-electron chi connectivity index (χ1n) is 10.2. The second-order valence-electron chi connectivity index (χ2n) is 6.62. The molecule has 0 aliphatic rings. The summed E-state index contributed by atoms with van der Waals surface area (Å²) in [6.45, 7) is 7.75. The predicted molar refractivity (Wildman–Crippen MR) is 112 cm³/mol. The van der Waals surface area contributed by atoms with Crippen LogP contribution in [0, 0.1) is 6.92 Å². The van der Waals surface area contributed by atoms with Gasteiger partial charge in [0.2, 0.25) is 5.91 Å². The van der Waals surface area contributed by atoms with Gasteiger partial charge in [0.05, 0.1) is 18.8 Å². The summed E-state index contributed by atoms with van der Waals surface area (Å²) in [5.41, 5.74) is 0.718. The van der Waals surface area contributed by atoms with Crippen molar-refractivity contribution in [1.82, 2.24) is 0 Å². The molecular formula is C21H33NO5S. The molecule has 0 aromatic carbocycles. The minimum Gasteiger partial charge on any atom is -0.462 e. The fourth-order valence-corrected chi connectivity index (χ4v) is 3.98. The Morgan fingerprint density at radius 2 is 1.43 bits per heavy atom. The van der Waals surface area contributed by atoms with Gasteiger partial charge in [-0.3, -0.25) is 4.79 Å². The molecule has 1 amide bonds. The smallest absolute Gasteiger partial charge is 0.348 e. The molecule has 28 heavy (non-hydrogen) atoms. The van der Waals surface area contributed by atoms with E-state index in [4.69, 9.17) is 9.47 Å². The Balaban J connectivity index is 2.74. The Kier molecular flexibility index (Phi) is 11.5. The van der Waals surface area contributed by atoms with Gasteiger partial charge in [0.1, 0.15) is 9.88 Å². The van der Waals surface area contributed by atoms with Crippen molar-refractivity contribution in [2.45, 2.75) is 79.1 Å². The van der Waals surface area contributed by atoms with Crippen LogP contribution in [-0.2, 0) is 14.3 Å². The van der Waals surface area contributed by atoms with Crippen molar-refractivity contribution in [3.05, 3.63) is 16.0 Å². The molecule has 1 rings (SSSR count). The van der Waals surface area contributed by atoms with Crippen LogP contribution in [0.1, 0.15) is 97.7 Å². The minimum absolute atomic E-state index is 0.157. The zero-order valence-electron chi connectivity index (χ0n) is 17.5. The lowest BCUT2D eigenvalue weighted by Gasteiger charge is -2.07. The third kappa shape index (κ3) is 7.62. The maximum absolute atomic E-state index is 12.3. The quantitative estimate of drug-likeness (QED) is 0.343. The van der Waals surface area contributed by atoms with E-state index < -0.39 is 11.9 Å². The molecule has 0 atom stereocenters. The van der Waals surface area contributed by atoms with Crippen molar-refractivity contribution < 1.29 is 23.9 Å². The van der Waals surface area contributed by atoms with Crippen LogP contribution < -0.4 is 5.32 Å². The topological polar surface area (TPSA) is 81.7 Å². The number of carbonyl (C=O) groups is 3. The summed E-state index contributed by atoms with van der Waals surface area (Å²) in [5, 5.41) is 3.14. The van der Waals surface area contributed by atoms with Crippen molar-refractivity contribution in [2.24, 2.45) is 0 Å². The maximum atomic E-state index is 12.3. The average molecular weight is 412 g/mol. The lowest BCUT2D eigenvalue weighted by atomic mass is 10.1. The van der Waals surface area contributed by atoms with Crippen LogP contribution in [0.4, 0.5) is 5.00 Å². The molecule has 0 fully saturated rings. The van der Waals surface area contributed by atoms with Crippen LogP contribution in [-0.4, -0.2) is 31.1 Å². The van der Waals surface area contributed by atoms with Crippen molar-refractivity contribution in [3.8, 4) is 0 Å². The van der Waals surface area contributed by atoms with Crippen LogP contribution in [0.5, 0.6) is 0 Å². The standard InChI is InChI=1S/C21H33NO5S/c1-5-8-9-10-11-12-13-14-16(23)22-19-17(20(24)26-6-2)15(4)18(28-19)21(25)27-7-3/h5-14H2,1-4H3,(H,22,23). The number of nitrogens with one attached hydrogen (secondary N) is 1. The summed E-state index contributed by atoms with van der Waals surface area (Å²) in [6.07, 6.45) is 8.28. The van der Waals surface area contributed by atoms with E-state index in [9.17, 15) is 14.4 Å². The fraction of sp³-hybridized carbons (Fsp3) is 0.667. The Morgan fingerprint density at radius 1 is 0.857 bits per heavy atom. The van der Waals surface area contributed by atoms with Gasteiger partial charge in [-0.1, -0.05) is 45.4 Å². The molecule has 0 saturated carbocycles. The highest BCUT2D eigenvalue weighted by atomic mass is 32.1. The number of ether oxygens (including phenoxy) is 2. The lowest BCUT2D eigenvalue weighted by molar-refractivity contribution is -0.116. The van der Waals surface area contributed by atoms with Crippen LogP contribution in [0.3, 0.4) is 0 Å². The van der Waals surface area contributed by atoms with E-state index in [0.29, 0.717) is 21.9 Å². The summed E-state index contributed by atoms with van der Waals surface area (Å²) < 4.78 is 10.1. The first-order valence-corrected chi connectivity index (χ1v) is 11.0. The normalized spacial score (nSPS) is 10.6. The van der Waals surface area contributed by atoms with Crippen LogP contribution in [0.2, 0.25) is 0 Å². The number of thiophene rings is 1. The Bertz CT molecular complexity index is 653. The van der Waals surface area contributed by atoms with Crippen LogP contribution in [0.15, 0.2) is 0 Å². The van der Waals surface area contributed by atoms with Crippen molar-refractivity contribution in [3.63, 3.8) is 0 Å². The van der Waals surface area contributed by atoms with Crippen LogP contribution >= 0.6 is 11.3 Å². The Hall–Kier alpha value is -1.89.